The van der Waals surface area contributed by atoms with E-state index in [2.05, 4.69) is 14.7 Å². The molecule has 4 nitrogen and oxygen atoms in total. The Bertz CT molecular complexity index is 787. The van der Waals surface area contributed by atoms with Crippen molar-refractivity contribution in [1.82, 2.24) is 9.97 Å². The minimum atomic E-state index is -0.943. The molecule has 3 rings (SSSR count). The standard InChI is InChI=1S/C15H10F2N2O2/c1-21-15(20)9-4-2-8(3-5-9)14-18-12-6-10(16)11(17)7-13(12)19-14/h2-7H,1H3,(H,18,19). The van der Waals surface area contributed by atoms with Gasteiger partial charge in [-0.3, -0.25) is 0 Å². The van der Waals surface area contributed by atoms with Gasteiger partial charge in [-0.25, -0.2) is 18.6 Å². The molecule has 106 valence electrons. The summed E-state index contributed by atoms with van der Waals surface area (Å²) in [7, 11) is 1.30. The van der Waals surface area contributed by atoms with Crippen molar-refractivity contribution in [3.8, 4) is 11.4 Å². The highest BCUT2D eigenvalue weighted by Crippen LogP contribution is 2.22. The zero-order chi connectivity index (χ0) is 15.0. The fraction of sp³-hybridized carbons (Fsp3) is 0.0667. The lowest BCUT2D eigenvalue weighted by atomic mass is 10.1. The van der Waals surface area contributed by atoms with Crippen molar-refractivity contribution in [2.45, 2.75) is 0 Å². The number of carbonyl (C=O) groups is 1. The maximum Gasteiger partial charge on any atom is 0.337 e. The highest BCUT2D eigenvalue weighted by molar-refractivity contribution is 5.90. The fourth-order valence-corrected chi connectivity index (χ4v) is 2.02. The molecule has 0 amide bonds. The summed E-state index contributed by atoms with van der Waals surface area (Å²) in [4.78, 5) is 18.5. The van der Waals surface area contributed by atoms with E-state index >= 15 is 0 Å². The van der Waals surface area contributed by atoms with Gasteiger partial charge >= 0.3 is 5.97 Å². The van der Waals surface area contributed by atoms with Crippen molar-refractivity contribution in [3.63, 3.8) is 0 Å². The molecule has 0 aliphatic carbocycles. The number of aromatic nitrogens is 2. The molecule has 0 fully saturated rings. The van der Waals surface area contributed by atoms with E-state index < -0.39 is 17.6 Å². The van der Waals surface area contributed by atoms with Gasteiger partial charge in [-0.05, 0) is 12.1 Å². The SMILES string of the molecule is COC(=O)c1ccc(-c2nc3cc(F)c(F)cc3[nH]2)cc1. The van der Waals surface area contributed by atoms with Crippen LogP contribution in [0.3, 0.4) is 0 Å². The van der Waals surface area contributed by atoms with E-state index in [4.69, 9.17) is 0 Å². The number of halogens is 2. The second-order valence-corrected chi connectivity index (χ2v) is 4.44. The van der Waals surface area contributed by atoms with Crippen LogP contribution in [-0.4, -0.2) is 23.0 Å². The van der Waals surface area contributed by atoms with Crippen molar-refractivity contribution in [1.29, 1.82) is 0 Å². The minimum absolute atomic E-state index is 0.334. The van der Waals surface area contributed by atoms with Crippen LogP contribution < -0.4 is 0 Å². The van der Waals surface area contributed by atoms with Gasteiger partial charge in [0.15, 0.2) is 11.6 Å². The van der Waals surface area contributed by atoms with Crippen LogP contribution in [0.4, 0.5) is 8.78 Å². The summed E-state index contributed by atoms with van der Waals surface area (Å²) >= 11 is 0. The van der Waals surface area contributed by atoms with Crippen molar-refractivity contribution in [3.05, 3.63) is 53.6 Å². The summed E-state index contributed by atoms with van der Waals surface area (Å²) in [6.07, 6.45) is 0. The first-order valence-corrected chi connectivity index (χ1v) is 6.12. The van der Waals surface area contributed by atoms with Crippen LogP contribution in [0.5, 0.6) is 0 Å². The molecule has 0 spiro atoms. The van der Waals surface area contributed by atoms with Crippen LogP contribution in [0.15, 0.2) is 36.4 Å². The first-order valence-electron chi connectivity index (χ1n) is 6.12. The molecule has 0 atom stereocenters. The van der Waals surface area contributed by atoms with Crippen molar-refractivity contribution in [2.24, 2.45) is 0 Å². The number of rotatable bonds is 2. The highest BCUT2D eigenvalue weighted by atomic mass is 19.2. The quantitative estimate of drug-likeness (QED) is 0.736. The Morgan fingerprint density at radius 1 is 1.14 bits per heavy atom. The summed E-state index contributed by atoms with van der Waals surface area (Å²) in [5.41, 5.74) is 1.84. The van der Waals surface area contributed by atoms with Crippen LogP contribution in [0.25, 0.3) is 22.4 Å². The number of nitrogens with one attached hydrogen (secondary N) is 1. The van der Waals surface area contributed by atoms with Gasteiger partial charge in [-0.1, -0.05) is 12.1 Å². The number of esters is 1. The Labute approximate surface area is 118 Å². The average molecular weight is 288 g/mol. The van der Waals surface area contributed by atoms with Crippen LogP contribution >= 0.6 is 0 Å². The number of fused-ring (bicyclic) bond motifs is 1. The zero-order valence-electron chi connectivity index (χ0n) is 11.0. The number of aromatic amines is 1. The number of methoxy groups -OCH3 is 1. The number of H-pyrrole nitrogens is 1. The van der Waals surface area contributed by atoms with Gasteiger partial charge in [-0.15, -0.1) is 0 Å². The minimum Gasteiger partial charge on any atom is -0.465 e. The topological polar surface area (TPSA) is 55.0 Å². The molecule has 6 heteroatoms. The van der Waals surface area contributed by atoms with E-state index in [1.165, 1.54) is 7.11 Å². The molecule has 0 radical (unpaired) electrons. The van der Waals surface area contributed by atoms with Crippen LogP contribution in [0.2, 0.25) is 0 Å². The first-order chi connectivity index (χ1) is 10.1. The molecule has 0 bridgehead atoms. The molecule has 2 aromatic carbocycles. The third-order valence-corrected chi connectivity index (χ3v) is 3.10. The van der Waals surface area contributed by atoms with Crippen LogP contribution in [0.1, 0.15) is 10.4 Å². The molecule has 3 aromatic rings. The smallest absolute Gasteiger partial charge is 0.337 e. The second-order valence-electron chi connectivity index (χ2n) is 4.44. The number of imidazole rings is 1. The second kappa shape index (κ2) is 4.97. The number of nitrogens with zero attached hydrogens (tertiary/aromatic N) is 1. The maximum atomic E-state index is 13.2. The van der Waals surface area contributed by atoms with Crippen LogP contribution in [-0.2, 0) is 4.74 Å². The Hall–Kier alpha value is -2.76. The van der Waals surface area contributed by atoms with Gasteiger partial charge < -0.3 is 9.72 Å². The molecular weight excluding hydrogens is 278 g/mol. The summed E-state index contributed by atoms with van der Waals surface area (Å²) in [6.45, 7) is 0. The maximum absolute atomic E-state index is 13.2. The molecule has 1 heterocycles. The van der Waals surface area contributed by atoms with Crippen LogP contribution in [0, 0.1) is 11.6 Å². The molecule has 1 aromatic heterocycles. The van der Waals surface area contributed by atoms with Crippen molar-refractivity contribution >= 4 is 17.0 Å². The van der Waals surface area contributed by atoms with E-state index in [1.54, 1.807) is 24.3 Å². The van der Waals surface area contributed by atoms with Gasteiger partial charge in [0.1, 0.15) is 5.82 Å². The highest BCUT2D eigenvalue weighted by Gasteiger charge is 2.11. The van der Waals surface area contributed by atoms with Gasteiger partial charge in [0.05, 0.1) is 23.7 Å². The van der Waals surface area contributed by atoms with E-state index in [-0.39, 0.29) is 0 Å². The molecule has 0 unspecified atom stereocenters. The van der Waals surface area contributed by atoms with E-state index in [9.17, 15) is 13.6 Å². The number of hydrogen-bond donors (Lipinski definition) is 1. The fourth-order valence-electron chi connectivity index (χ4n) is 2.02. The Balaban J connectivity index is 2.02. The van der Waals surface area contributed by atoms with E-state index in [1.807, 2.05) is 0 Å². The zero-order valence-corrected chi connectivity index (χ0v) is 11.0. The first kappa shape index (κ1) is 13.2. The average Bonchev–Trinajstić information content (AvgIpc) is 2.90. The lowest BCUT2D eigenvalue weighted by Gasteiger charge is -2.00. The summed E-state index contributed by atoms with van der Waals surface area (Å²) in [6, 6.07) is 8.63. The van der Waals surface area contributed by atoms with E-state index in [0.29, 0.717) is 28.0 Å². The number of ether oxygens (including phenoxy) is 1. The van der Waals surface area contributed by atoms with E-state index in [0.717, 1.165) is 12.1 Å². The Morgan fingerprint density at radius 3 is 2.48 bits per heavy atom. The van der Waals surface area contributed by atoms with Gasteiger partial charge in [0.25, 0.3) is 0 Å². The molecule has 0 saturated heterocycles. The largest absolute Gasteiger partial charge is 0.465 e. The summed E-state index contributed by atoms with van der Waals surface area (Å²) < 4.78 is 30.9. The molecular formula is C15H10F2N2O2. The third-order valence-electron chi connectivity index (χ3n) is 3.10. The summed E-state index contributed by atoms with van der Waals surface area (Å²) in [5, 5.41) is 0. The Kier molecular flexibility index (Phi) is 3.13. The third kappa shape index (κ3) is 2.35. The van der Waals surface area contributed by atoms with Gasteiger partial charge in [0.2, 0.25) is 0 Å². The molecule has 0 saturated carbocycles. The summed E-state index contributed by atoms with van der Waals surface area (Å²) in [5.74, 6) is -1.85. The van der Waals surface area contributed by atoms with Crippen molar-refractivity contribution in [2.75, 3.05) is 7.11 Å². The Morgan fingerprint density at radius 2 is 1.81 bits per heavy atom. The molecule has 21 heavy (non-hydrogen) atoms. The predicted octanol–water partition coefficient (Wildman–Crippen LogP) is 3.29. The monoisotopic (exact) mass is 288 g/mol. The molecule has 0 aliphatic rings. The predicted molar refractivity (Wildman–Crippen MR) is 72.8 cm³/mol. The van der Waals surface area contributed by atoms with Gasteiger partial charge in [-0.2, -0.15) is 0 Å². The molecule has 0 aliphatic heterocycles. The number of benzene rings is 2. The lowest BCUT2D eigenvalue weighted by molar-refractivity contribution is 0.0601. The van der Waals surface area contributed by atoms with Crippen molar-refractivity contribution < 1.29 is 18.3 Å². The molecule has 1 N–H and O–H groups in total. The normalized spacial score (nSPS) is 10.8. The lowest BCUT2D eigenvalue weighted by Crippen LogP contribution is -2.00. The van der Waals surface area contributed by atoms with Gasteiger partial charge in [0, 0.05) is 17.7 Å². The number of carbonyl (C=O) groups excluding carboxylic acids is 1. The number of hydrogen-bond acceptors (Lipinski definition) is 3.